The van der Waals surface area contributed by atoms with Crippen molar-refractivity contribution in [3.8, 4) is 5.88 Å². The molecule has 0 bridgehead atoms. The molecule has 1 aromatic heterocycles. The summed E-state index contributed by atoms with van der Waals surface area (Å²) in [5.41, 5.74) is 0. The summed E-state index contributed by atoms with van der Waals surface area (Å²) in [5.74, 6) is 1.95. The second-order valence-electron chi connectivity index (χ2n) is 3.34. The predicted octanol–water partition coefficient (Wildman–Crippen LogP) is 1.38. The van der Waals surface area contributed by atoms with Crippen LogP contribution in [0, 0.1) is 0 Å². The van der Waals surface area contributed by atoms with Gasteiger partial charge in [0.05, 0.1) is 7.11 Å². The fraction of sp³-hybridized carbons (Fsp3) is 0.600. The van der Waals surface area contributed by atoms with Crippen LogP contribution in [0.15, 0.2) is 12.3 Å². The Morgan fingerprint density at radius 1 is 1.43 bits per heavy atom. The molecule has 0 N–H and O–H groups in total. The number of methoxy groups -OCH3 is 1. The molecule has 76 valence electrons. The van der Waals surface area contributed by atoms with Crippen molar-refractivity contribution in [2.24, 2.45) is 0 Å². The van der Waals surface area contributed by atoms with E-state index in [-0.39, 0.29) is 0 Å². The molecule has 2 rings (SSSR count). The van der Waals surface area contributed by atoms with Gasteiger partial charge >= 0.3 is 0 Å². The van der Waals surface area contributed by atoms with E-state index < -0.39 is 0 Å². The molecule has 0 saturated carbocycles. The van der Waals surface area contributed by atoms with Crippen LogP contribution in [0.3, 0.4) is 0 Å². The summed E-state index contributed by atoms with van der Waals surface area (Å²) in [6.45, 7) is 1.62. The zero-order valence-electron chi connectivity index (χ0n) is 8.27. The third-order valence-corrected chi connectivity index (χ3v) is 2.44. The summed E-state index contributed by atoms with van der Waals surface area (Å²) < 4.78 is 10.4. The van der Waals surface area contributed by atoms with Gasteiger partial charge < -0.3 is 9.47 Å². The SMILES string of the molecule is COc1ccnc(C2CCOCC2)n1. The van der Waals surface area contributed by atoms with Crippen molar-refractivity contribution >= 4 is 0 Å². The molecule has 4 nitrogen and oxygen atoms in total. The molecule has 1 fully saturated rings. The van der Waals surface area contributed by atoms with Crippen LogP contribution in [0.1, 0.15) is 24.6 Å². The molecule has 0 radical (unpaired) electrons. The smallest absolute Gasteiger partial charge is 0.216 e. The second-order valence-corrected chi connectivity index (χ2v) is 3.34. The van der Waals surface area contributed by atoms with Gasteiger partial charge in [0, 0.05) is 31.4 Å². The van der Waals surface area contributed by atoms with Gasteiger partial charge in [0.1, 0.15) is 5.82 Å². The topological polar surface area (TPSA) is 44.2 Å². The first-order valence-electron chi connectivity index (χ1n) is 4.85. The Morgan fingerprint density at radius 3 is 2.93 bits per heavy atom. The summed E-state index contributed by atoms with van der Waals surface area (Å²) in [4.78, 5) is 8.59. The maximum Gasteiger partial charge on any atom is 0.216 e. The summed E-state index contributed by atoms with van der Waals surface area (Å²) in [6, 6.07) is 1.77. The standard InChI is InChI=1S/C10H14N2O2/c1-13-9-2-5-11-10(12-9)8-3-6-14-7-4-8/h2,5,8H,3-4,6-7H2,1H3. The Hall–Kier alpha value is -1.16. The van der Waals surface area contributed by atoms with Crippen molar-refractivity contribution in [1.82, 2.24) is 9.97 Å². The van der Waals surface area contributed by atoms with Crippen LogP contribution in [0.5, 0.6) is 5.88 Å². The summed E-state index contributed by atoms with van der Waals surface area (Å²) in [6.07, 6.45) is 3.76. The maximum atomic E-state index is 5.29. The molecule has 0 atom stereocenters. The lowest BCUT2D eigenvalue weighted by Gasteiger charge is -2.20. The number of ether oxygens (including phenoxy) is 2. The van der Waals surface area contributed by atoms with Crippen LogP contribution < -0.4 is 4.74 Å². The lowest BCUT2D eigenvalue weighted by Crippen LogP contribution is -2.16. The van der Waals surface area contributed by atoms with Crippen molar-refractivity contribution in [3.05, 3.63) is 18.1 Å². The highest BCUT2D eigenvalue weighted by Gasteiger charge is 2.18. The monoisotopic (exact) mass is 194 g/mol. The van der Waals surface area contributed by atoms with E-state index in [1.807, 2.05) is 0 Å². The van der Waals surface area contributed by atoms with Crippen LogP contribution in [0.2, 0.25) is 0 Å². The second kappa shape index (κ2) is 4.37. The predicted molar refractivity (Wildman–Crippen MR) is 51.4 cm³/mol. The van der Waals surface area contributed by atoms with Crippen molar-refractivity contribution in [2.45, 2.75) is 18.8 Å². The first-order valence-corrected chi connectivity index (χ1v) is 4.85. The molecular weight excluding hydrogens is 180 g/mol. The highest BCUT2D eigenvalue weighted by Crippen LogP contribution is 2.24. The molecule has 1 aliphatic heterocycles. The molecular formula is C10H14N2O2. The Labute approximate surface area is 83.3 Å². The number of hydrogen-bond donors (Lipinski definition) is 0. The van der Waals surface area contributed by atoms with Crippen LogP contribution >= 0.6 is 0 Å². The van der Waals surface area contributed by atoms with E-state index in [4.69, 9.17) is 9.47 Å². The number of nitrogens with zero attached hydrogens (tertiary/aromatic N) is 2. The van der Waals surface area contributed by atoms with Gasteiger partial charge in [-0.05, 0) is 12.8 Å². The third kappa shape index (κ3) is 2.01. The summed E-state index contributed by atoms with van der Waals surface area (Å²) >= 11 is 0. The summed E-state index contributed by atoms with van der Waals surface area (Å²) in [7, 11) is 1.62. The van der Waals surface area contributed by atoms with Gasteiger partial charge in [-0.1, -0.05) is 0 Å². The minimum atomic E-state index is 0.429. The van der Waals surface area contributed by atoms with E-state index in [1.54, 1.807) is 19.4 Å². The van der Waals surface area contributed by atoms with E-state index in [0.29, 0.717) is 11.8 Å². The highest BCUT2D eigenvalue weighted by molar-refractivity contribution is 5.10. The van der Waals surface area contributed by atoms with Gasteiger partial charge in [-0.15, -0.1) is 0 Å². The van der Waals surface area contributed by atoms with Gasteiger partial charge in [0.25, 0.3) is 0 Å². The van der Waals surface area contributed by atoms with Crippen LogP contribution in [-0.2, 0) is 4.74 Å². The molecule has 0 spiro atoms. The Balaban J connectivity index is 2.13. The van der Waals surface area contributed by atoms with Crippen molar-refractivity contribution in [3.63, 3.8) is 0 Å². The van der Waals surface area contributed by atoms with Gasteiger partial charge in [-0.3, -0.25) is 0 Å². The lowest BCUT2D eigenvalue weighted by atomic mass is 10.00. The van der Waals surface area contributed by atoms with E-state index in [0.717, 1.165) is 31.9 Å². The minimum absolute atomic E-state index is 0.429. The molecule has 1 aliphatic rings. The van der Waals surface area contributed by atoms with Crippen LogP contribution in [0.25, 0.3) is 0 Å². The fourth-order valence-electron chi connectivity index (χ4n) is 1.62. The van der Waals surface area contributed by atoms with Gasteiger partial charge in [0.15, 0.2) is 0 Å². The zero-order valence-corrected chi connectivity index (χ0v) is 8.27. The van der Waals surface area contributed by atoms with E-state index in [1.165, 1.54) is 0 Å². The lowest BCUT2D eigenvalue weighted by molar-refractivity contribution is 0.0834. The Bertz CT molecular complexity index is 298. The third-order valence-electron chi connectivity index (χ3n) is 2.44. The van der Waals surface area contributed by atoms with Crippen LogP contribution in [-0.4, -0.2) is 30.3 Å². The molecule has 0 aliphatic carbocycles. The largest absolute Gasteiger partial charge is 0.481 e. The molecule has 1 aromatic rings. The minimum Gasteiger partial charge on any atom is -0.481 e. The van der Waals surface area contributed by atoms with Gasteiger partial charge in [-0.25, -0.2) is 4.98 Å². The van der Waals surface area contributed by atoms with Gasteiger partial charge in [-0.2, -0.15) is 4.98 Å². The maximum absolute atomic E-state index is 5.29. The molecule has 2 heterocycles. The molecule has 0 aromatic carbocycles. The fourth-order valence-corrected chi connectivity index (χ4v) is 1.62. The van der Waals surface area contributed by atoms with E-state index in [9.17, 15) is 0 Å². The molecule has 0 unspecified atom stereocenters. The van der Waals surface area contributed by atoms with Crippen LogP contribution in [0.4, 0.5) is 0 Å². The van der Waals surface area contributed by atoms with E-state index >= 15 is 0 Å². The quantitative estimate of drug-likeness (QED) is 0.713. The zero-order chi connectivity index (χ0) is 9.80. The number of hydrogen-bond acceptors (Lipinski definition) is 4. The van der Waals surface area contributed by atoms with Crippen molar-refractivity contribution in [2.75, 3.05) is 20.3 Å². The van der Waals surface area contributed by atoms with Gasteiger partial charge in [0.2, 0.25) is 5.88 Å². The average molecular weight is 194 g/mol. The first kappa shape index (κ1) is 9.40. The first-order chi connectivity index (χ1) is 6.90. The Kier molecular flexibility index (Phi) is 2.93. The molecule has 0 amide bonds. The molecule has 4 heteroatoms. The van der Waals surface area contributed by atoms with Crippen molar-refractivity contribution in [1.29, 1.82) is 0 Å². The Morgan fingerprint density at radius 2 is 2.21 bits per heavy atom. The number of aromatic nitrogens is 2. The normalized spacial score (nSPS) is 18.1. The summed E-state index contributed by atoms with van der Waals surface area (Å²) in [5, 5.41) is 0. The average Bonchev–Trinajstić information content (AvgIpc) is 2.30. The number of rotatable bonds is 2. The van der Waals surface area contributed by atoms with E-state index in [2.05, 4.69) is 9.97 Å². The highest BCUT2D eigenvalue weighted by atomic mass is 16.5. The molecule has 14 heavy (non-hydrogen) atoms. The van der Waals surface area contributed by atoms with Crippen molar-refractivity contribution < 1.29 is 9.47 Å². The molecule has 1 saturated heterocycles.